The summed E-state index contributed by atoms with van der Waals surface area (Å²) in [4.78, 5) is 59.1. The average molecular weight is 743 g/mol. The largest absolute Gasteiger partial charge is 0.505 e. The number of carboxylic acid groups (broad SMARTS) is 1. The molecule has 1 aromatic carbocycles. The van der Waals surface area contributed by atoms with E-state index in [1.807, 2.05) is 27.7 Å². The highest BCUT2D eigenvalue weighted by Gasteiger charge is 2.26. The van der Waals surface area contributed by atoms with Crippen LogP contribution in [0.2, 0.25) is 0 Å². The number of amides is 3. The van der Waals surface area contributed by atoms with Crippen LogP contribution in [0.1, 0.15) is 77.7 Å². The number of aliphatic hydroxyl groups is 2. The molecule has 0 saturated carbocycles. The van der Waals surface area contributed by atoms with E-state index in [4.69, 9.17) is 25.1 Å². The smallest absolute Gasteiger partial charge is 0.374 e. The van der Waals surface area contributed by atoms with Crippen molar-refractivity contribution in [1.29, 1.82) is 0 Å². The number of nitrogens with two attached hydrogens (primary N) is 1. The number of carbonyl (C=O) groups excluding carboxylic acids is 4. The van der Waals surface area contributed by atoms with Gasteiger partial charge in [-0.15, -0.1) is 5.10 Å². The number of aliphatic hydroxyl groups excluding tert-OH is 2. The first kappa shape index (κ1) is 42.0. The van der Waals surface area contributed by atoms with Crippen molar-refractivity contribution in [2.75, 3.05) is 32.0 Å². The van der Waals surface area contributed by atoms with Crippen LogP contribution in [0.5, 0.6) is 5.75 Å². The van der Waals surface area contributed by atoms with Crippen molar-refractivity contribution in [3.8, 4) is 5.75 Å². The van der Waals surface area contributed by atoms with Crippen molar-refractivity contribution >= 4 is 35.9 Å². The predicted molar refractivity (Wildman–Crippen MR) is 190 cm³/mol. The number of carbonyl (C=O) groups is 5. The van der Waals surface area contributed by atoms with Gasteiger partial charge in [0.1, 0.15) is 11.9 Å². The second-order valence-corrected chi connectivity index (χ2v) is 14.5. The number of unbranched alkanes of at least 4 members (excludes halogenated alkanes) is 2. The van der Waals surface area contributed by atoms with E-state index >= 15 is 0 Å². The molecule has 17 nitrogen and oxygen atoms in total. The highest BCUT2D eigenvalue weighted by Crippen LogP contribution is 2.30. The second-order valence-electron chi connectivity index (χ2n) is 14.5. The molecule has 2 unspecified atom stereocenters. The molecule has 0 aliphatic carbocycles. The van der Waals surface area contributed by atoms with Crippen molar-refractivity contribution in [2.24, 2.45) is 10.8 Å². The SMILES string of the molecule is CC(Oc1ccc(C(Cc2cn(CC(C)(C)COCC(C)(C)CNC(=O)CCCCCN3C(=O)C=CC3=O)nn2)OC=O)cc1N)/C(O)=C(/O)C(=O)O. The van der Waals surface area contributed by atoms with E-state index in [-0.39, 0.29) is 46.4 Å². The zero-order chi connectivity index (χ0) is 39.3. The van der Waals surface area contributed by atoms with E-state index in [1.165, 1.54) is 36.1 Å². The number of hydrogen-bond donors (Lipinski definition) is 5. The zero-order valence-electron chi connectivity index (χ0n) is 30.7. The van der Waals surface area contributed by atoms with Gasteiger partial charge < -0.3 is 40.6 Å². The molecule has 0 radical (unpaired) electrons. The monoisotopic (exact) mass is 742 g/mol. The summed E-state index contributed by atoms with van der Waals surface area (Å²) in [5, 5.41) is 39.7. The Morgan fingerprint density at radius 1 is 1.02 bits per heavy atom. The lowest BCUT2D eigenvalue weighted by atomic mass is 9.93. The fraction of sp³-hybridized carbons (Fsp3) is 0.528. The summed E-state index contributed by atoms with van der Waals surface area (Å²) >= 11 is 0. The van der Waals surface area contributed by atoms with Gasteiger partial charge in [-0.05, 0) is 37.5 Å². The molecule has 3 rings (SSSR count). The fourth-order valence-corrected chi connectivity index (χ4v) is 5.38. The van der Waals surface area contributed by atoms with E-state index < -0.39 is 29.7 Å². The van der Waals surface area contributed by atoms with Crippen LogP contribution in [0.3, 0.4) is 0 Å². The van der Waals surface area contributed by atoms with Gasteiger partial charge in [-0.1, -0.05) is 45.4 Å². The lowest BCUT2D eigenvalue weighted by Crippen LogP contribution is -2.37. The van der Waals surface area contributed by atoms with Crippen LogP contribution in [0, 0.1) is 10.8 Å². The highest BCUT2D eigenvalue weighted by molar-refractivity contribution is 6.12. The van der Waals surface area contributed by atoms with Gasteiger partial charge in [0.2, 0.25) is 11.7 Å². The minimum Gasteiger partial charge on any atom is -0.505 e. The summed E-state index contributed by atoms with van der Waals surface area (Å²) in [6, 6.07) is 4.57. The Kier molecular flexibility index (Phi) is 14.9. The number of imide groups is 1. The van der Waals surface area contributed by atoms with Crippen molar-refractivity contribution in [3.05, 3.63) is 59.3 Å². The highest BCUT2D eigenvalue weighted by atomic mass is 16.5. The molecule has 1 aliphatic heterocycles. The Bertz CT molecular complexity index is 1670. The van der Waals surface area contributed by atoms with Crippen LogP contribution >= 0.6 is 0 Å². The molecule has 0 saturated heterocycles. The molecule has 2 aromatic rings. The van der Waals surface area contributed by atoms with Gasteiger partial charge in [-0.3, -0.25) is 28.8 Å². The molecule has 0 fully saturated rings. The third-order valence-electron chi connectivity index (χ3n) is 8.27. The number of aromatic nitrogens is 3. The molecular formula is C36H50N6O11. The summed E-state index contributed by atoms with van der Waals surface area (Å²) in [5.41, 5.74) is 6.65. The Balaban J connectivity index is 1.43. The van der Waals surface area contributed by atoms with Crippen LogP contribution in [0.15, 0.2) is 48.1 Å². The van der Waals surface area contributed by atoms with E-state index in [0.717, 1.165) is 6.42 Å². The number of nitrogens with zero attached hydrogens (tertiary/aromatic N) is 4. The topological polar surface area (TPSA) is 246 Å². The first-order valence-electron chi connectivity index (χ1n) is 17.2. The Morgan fingerprint density at radius 2 is 1.70 bits per heavy atom. The molecule has 3 amide bonds. The lowest BCUT2D eigenvalue weighted by Gasteiger charge is -2.29. The summed E-state index contributed by atoms with van der Waals surface area (Å²) in [7, 11) is 0. The maximum absolute atomic E-state index is 12.4. The third kappa shape index (κ3) is 13.2. The van der Waals surface area contributed by atoms with Gasteiger partial charge in [-0.2, -0.15) is 0 Å². The normalized spacial score (nSPS) is 14.8. The minimum atomic E-state index is -1.71. The molecule has 0 spiro atoms. The van der Waals surface area contributed by atoms with Crippen molar-refractivity contribution < 1.29 is 53.5 Å². The maximum Gasteiger partial charge on any atom is 0.374 e. The van der Waals surface area contributed by atoms with Crippen molar-refractivity contribution in [2.45, 2.75) is 85.5 Å². The molecule has 2 heterocycles. The number of nitrogen functional groups attached to an aromatic ring is 1. The summed E-state index contributed by atoms with van der Waals surface area (Å²) in [6.45, 7) is 11.8. The molecule has 53 heavy (non-hydrogen) atoms. The van der Waals surface area contributed by atoms with Gasteiger partial charge in [0.15, 0.2) is 11.9 Å². The number of carboxylic acids is 1. The number of benzene rings is 1. The summed E-state index contributed by atoms with van der Waals surface area (Å²) in [5.74, 6) is -4.38. The molecule has 290 valence electrons. The third-order valence-corrected chi connectivity index (χ3v) is 8.27. The van der Waals surface area contributed by atoms with Gasteiger partial charge >= 0.3 is 5.97 Å². The summed E-state index contributed by atoms with van der Waals surface area (Å²) in [6.07, 6.45) is 4.85. The van der Waals surface area contributed by atoms with Crippen molar-refractivity contribution in [3.63, 3.8) is 0 Å². The van der Waals surface area contributed by atoms with E-state index in [9.17, 15) is 34.2 Å². The first-order valence-corrected chi connectivity index (χ1v) is 17.2. The summed E-state index contributed by atoms with van der Waals surface area (Å²) < 4.78 is 18.6. The Hall–Kier alpha value is -5.45. The van der Waals surface area contributed by atoms with Crippen molar-refractivity contribution in [1.82, 2.24) is 25.2 Å². The second kappa shape index (κ2) is 18.9. The first-order chi connectivity index (χ1) is 24.9. The van der Waals surface area contributed by atoms with E-state index in [0.29, 0.717) is 69.8 Å². The number of nitrogens with one attached hydrogen (secondary N) is 1. The van der Waals surface area contributed by atoms with Crippen LogP contribution in [0.25, 0.3) is 0 Å². The van der Waals surface area contributed by atoms with Gasteiger partial charge in [0, 0.05) is 61.7 Å². The molecule has 6 N–H and O–H groups in total. The Labute approximate surface area is 307 Å². The lowest BCUT2D eigenvalue weighted by molar-refractivity contribution is -0.137. The van der Waals surface area contributed by atoms with E-state index in [1.54, 1.807) is 16.9 Å². The molecular weight excluding hydrogens is 692 g/mol. The molecule has 1 aliphatic rings. The predicted octanol–water partition coefficient (Wildman–Crippen LogP) is 3.17. The van der Waals surface area contributed by atoms with Crippen LogP contribution < -0.4 is 15.8 Å². The van der Waals surface area contributed by atoms with Gasteiger partial charge in [0.25, 0.3) is 18.3 Å². The van der Waals surface area contributed by atoms with Crippen LogP contribution in [-0.2, 0) is 46.4 Å². The quantitative estimate of drug-likeness (QED) is 0.0274. The maximum atomic E-state index is 12.4. The average Bonchev–Trinajstić information content (AvgIpc) is 3.66. The fourth-order valence-electron chi connectivity index (χ4n) is 5.38. The number of hydrogen-bond acceptors (Lipinski definition) is 13. The number of ether oxygens (including phenoxy) is 3. The number of anilines is 1. The van der Waals surface area contributed by atoms with Gasteiger partial charge in [0.05, 0.1) is 24.6 Å². The van der Waals surface area contributed by atoms with Gasteiger partial charge in [-0.25, -0.2) is 4.79 Å². The van der Waals surface area contributed by atoms with Crippen LogP contribution in [0.4, 0.5) is 5.69 Å². The molecule has 2 atom stereocenters. The minimum absolute atomic E-state index is 0.0639. The van der Waals surface area contributed by atoms with E-state index in [2.05, 4.69) is 15.6 Å². The Morgan fingerprint density at radius 3 is 2.34 bits per heavy atom. The standard InChI is InChI=1S/C36H50N6O11/c1-23(32(47)33(48)34(49)50)53-27-11-10-24(15-26(27)37)28(52-22-43)16-25-17-41(40-39-25)19-36(4,5)21-51-20-35(2,3)18-38-29(44)9-7-6-8-14-42-30(45)12-13-31(42)46/h10-13,15,17,22-23,28,47-48H,6-9,14,16,18-21,37H2,1-5H3,(H,38,44)(H,49,50)/b33-32-. The molecule has 17 heteroatoms. The number of rotatable bonds is 23. The molecule has 1 aromatic heterocycles. The zero-order valence-corrected chi connectivity index (χ0v) is 30.7. The number of aliphatic carboxylic acids is 1. The van der Waals surface area contributed by atoms with Crippen LogP contribution in [-0.4, -0.2) is 97.8 Å². The molecule has 0 bridgehead atoms.